The molecule has 9 atom stereocenters. The van der Waals surface area contributed by atoms with Gasteiger partial charge in [0.1, 0.15) is 55.4 Å². The molecular formula is C30H58O12. The van der Waals surface area contributed by atoms with Gasteiger partial charge in [0.25, 0.3) is 0 Å². The van der Waals surface area contributed by atoms with Crippen molar-refractivity contribution in [1.29, 1.82) is 0 Å². The maximum absolute atomic E-state index is 12.1. The summed E-state index contributed by atoms with van der Waals surface area (Å²) < 4.78 is 15.6. The summed E-state index contributed by atoms with van der Waals surface area (Å²) in [5.74, 6) is -0.551. The van der Waals surface area contributed by atoms with Crippen LogP contribution in [0.15, 0.2) is 0 Å². The molecule has 1 rings (SSSR count). The molecule has 12 heteroatoms. The highest BCUT2D eigenvalue weighted by molar-refractivity contribution is 5.69. The normalized spacial score (nSPS) is 25.6. The quantitative estimate of drug-likeness (QED) is 0.0539. The molecule has 250 valence electrons. The van der Waals surface area contributed by atoms with Gasteiger partial charge < -0.3 is 55.1 Å². The zero-order chi connectivity index (χ0) is 31.3. The van der Waals surface area contributed by atoms with Crippen molar-refractivity contribution in [3.8, 4) is 0 Å². The fourth-order valence-electron chi connectivity index (χ4n) is 5.05. The molecule has 1 aliphatic rings. The Bertz CT molecular complexity index is 666. The highest BCUT2D eigenvalue weighted by atomic mass is 16.7. The van der Waals surface area contributed by atoms with Crippen LogP contribution in [-0.4, -0.2) is 122 Å². The number of ether oxygens (including phenoxy) is 3. The van der Waals surface area contributed by atoms with Gasteiger partial charge in [-0.05, 0) is 6.42 Å². The van der Waals surface area contributed by atoms with E-state index in [1.54, 1.807) is 0 Å². The van der Waals surface area contributed by atoms with E-state index >= 15 is 0 Å². The molecule has 0 saturated carbocycles. The third-order valence-corrected chi connectivity index (χ3v) is 7.84. The van der Waals surface area contributed by atoms with E-state index in [4.69, 9.17) is 14.2 Å². The molecule has 0 spiro atoms. The van der Waals surface area contributed by atoms with Gasteiger partial charge in [-0.3, -0.25) is 4.79 Å². The van der Waals surface area contributed by atoms with E-state index in [1.807, 2.05) is 0 Å². The minimum atomic E-state index is -1.89. The molecule has 12 nitrogen and oxygen atoms in total. The van der Waals surface area contributed by atoms with Gasteiger partial charge in [0.15, 0.2) is 6.29 Å². The number of rotatable bonds is 25. The van der Waals surface area contributed by atoms with Gasteiger partial charge in [0.2, 0.25) is 0 Å². The smallest absolute Gasteiger partial charge is 0.305 e. The van der Waals surface area contributed by atoms with E-state index in [0.717, 1.165) is 19.3 Å². The van der Waals surface area contributed by atoms with E-state index in [1.165, 1.54) is 70.6 Å². The van der Waals surface area contributed by atoms with Crippen LogP contribution >= 0.6 is 0 Å². The average molecular weight is 611 g/mol. The van der Waals surface area contributed by atoms with Gasteiger partial charge in [-0.15, -0.1) is 0 Å². The van der Waals surface area contributed by atoms with Crippen molar-refractivity contribution in [2.75, 3.05) is 19.8 Å². The summed E-state index contributed by atoms with van der Waals surface area (Å²) in [7, 11) is 0. The zero-order valence-electron chi connectivity index (χ0n) is 25.3. The molecule has 0 aliphatic carbocycles. The van der Waals surface area contributed by atoms with E-state index in [0.29, 0.717) is 6.42 Å². The van der Waals surface area contributed by atoms with Crippen LogP contribution in [0.2, 0.25) is 0 Å². The lowest BCUT2D eigenvalue weighted by molar-refractivity contribution is -0.327. The third-order valence-electron chi connectivity index (χ3n) is 7.84. The summed E-state index contributed by atoms with van der Waals surface area (Å²) in [6.45, 7) is 0.00920. The van der Waals surface area contributed by atoms with Gasteiger partial charge in [0.05, 0.1) is 13.2 Å². The molecule has 0 bridgehead atoms. The van der Waals surface area contributed by atoms with E-state index in [9.17, 15) is 45.6 Å². The fourth-order valence-corrected chi connectivity index (χ4v) is 5.05. The number of aliphatic hydroxyl groups is 8. The molecule has 1 heterocycles. The number of esters is 1. The number of carbonyl (C=O) groups is 1. The Morgan fingerprint density at radius 1 is 0.714 bits per heavy atom. The summed E-state index contributed by atoms with van der Waals surface area (Å²) in [5.41, 5.74) is 0. The first kappa shape index (κ1) is 39.1. The Labute approximate surface area is 250 Å². The molecule has 1 aliphatic heterocycles. The number of aliphatic hydroxyl groups excluding tert-OH is 8. The predicted octanol–water partition coefficient (Wildman–Crippen LogP) is 1.05. The molecule has 1 saturated heterocycles. The SMILES string of the molecule is CCCCCCCCCCCCCCCCCC(=O)OCC(O)C(O)C(OC1OC(CO)C(O)C(O)C1O)C(O)CO. The fraction of sp³-hybridized carbons (Fsp3) is 0.967. The van der Waals surface area contributed by atoms with Crippen LogP contribution in [0.1, 0.15) is 110 Å². The molecule has 0 radical (unpaired) electrons. The topological polar surface area (TPSA) is 207 Å². The largest absolute Gasteiger partial charge is 0.463 e. The van der Waals surface area contributed by atoms with Crippen LogP contribution in [-0.2, 0) is 19.0 Å². The number of unbranched alkanes of at least 4 members (excludes halogenated alkanes) is 14. The highest BCUT2D eigenvalue weighted by Gasteiger charge is 2.46. The van der Waals surface area contributed by atoms with Gasteiger partial charge >= 0.3 is 5.97 Å². The maximum atomic E-state index is 12.1. The van der Waals surface area contributed by atoms with Crippen molar-refractivity contribution in [3.63, 3.8) is 0 Å². The molecule has 0 aromatic carbocycles. The molecule has 0 aromatic rings. The summed E-state index contributed by atoms with van der Waals surface area (Å²) in [4.78, 5) is 12.1. The monoisotopic (exact) mass is 610 g/mol. The Hall–Kier alpha value is -0.930. The first-order valence-electron chi connectivity index (χ1n) is 15.9. The van der Waals surface area contributed by atoms with Crippen molar-refractivity contribution < 1.29 is 59.9 Å². The summed E-state index contributed by atoms with van der Waals surface area (Å²) >= 11 is 0. The minimum absolute atomic E-state index is 0.158. The second-order valence-electron chi connectivity index (χ2n) is 11.5. The van der Waals surface area contributed by atoms with E-state index in [-0.39, 0.29) is 6.42 Å². The van der Waals surface area contributed by atoms with Gasteiger partial charge in [-0.25, -0.2) is 0 Å². The lowest BCUT2D eigenvalue weighted by atomic mass is 9.98. The standard InChI is InChI=1S/C30H58O12/c1-2-3-4-5-6-7-8-9-10-11-12-13-14-15-16-17-24(35)40-20-22(34)25(36)29(21(33)18-31)42-30-28(39)27(38)26(37)23(19-32)41-30/h21-23,25-34,36-39H,2-20H2,1H3. The molecular weight excluding hydrogens is 552 g/mol. The number of hydrogen-bond acceptors (Lipinski definition) is 12. The van der Waals surface area contributed by atoms with Gasteiger partial charge in [-0.2, -0.15) is 0 Å². The van der Waals surface area contributed by atoms with Gasteiger partial charge in [0, 0.05) is 6.42 Å². The van der Waals surface area contributed by atoms with Crippen LogP contribution in [0.4, 0.5) is 0 Å². The molecule has 8 N–H and O–H groups in total. The van der Waals surface area contributed by atoms with E-state index < -0.39 is 80.9 Å². The van der Waals surface area contributed by atoms with Crippen LogP contribution in [0.3, 0.4) is 0 Å². The van der Waals surface area contributed by atoms with Crippen LogP contribution in [0.25, 0.3) is 0 Å². The van der Waals surface area contributed by atoms with Crippen molar-refractivity contribution in [3.05, 3.63) is 0 Å². The number of hydrogen-bond donors (Lipinski definition) is 8. The van der Waals surface area contributed by atoms with Crippen molar-refractivity contribution in [1.82, 2.24) is 0 Å². The predicted molar refractivity (Wildman–Crippen MR) is 154 cm³/mol. The van der Waals surface area contributed by atoms with Crippen molar-refractivity contribution >= 4 is 5.97 Å². The Balaban J connectivity index is 2.24. The Kier molecular flexibility index (Phi) is 21.8. The highest BCUT2D eigenvalue weighted by Crippen LogP contribution is 2.25. The van der Waals surface area contributed by atoms with E-state index in [2.05, 4.69) is 6.92 Å². The van der Waals surface area contributed by atoms with Crippen LogP contribution in [0.5, 0.6) is 0 Å². The van der Waals surface area contributed by atoms with Crippen molar-refractivity contribution in [2.24, 2.45) is 0 Å². The summed E-state index contributed by atoms with van der Waals surface area (Å²) in [6, 6.07) is 0. The molecule has 9 unspecified atom stereocenters. The molecule has 0 aromatic heterocycles. The second kappa shape index (κ2) is 23.5. The first-order chi connectivity index (χ1) is 20.2. The van der Waals surface area contributed by atoms with Crippen molar-refractivity contribution in [2.45, 2.75) is 165 Å². The maximum Gasteiger partial charge on any atom is 0.305 e. The summed E-state index contributed by atoms with van der Waals surface area (Å²) in [5, 5.41) is 79.6. The molecule has 42 heavy (non-hydrogen) atoms. The molecule has 0 amide bonds. The zero-order valence-corrected chi connectivity index (χ0v) is 25.3. The Morgan fingerprint density at radius 2 is 1.21 bits per heavy atom. The first-order valence-corrected chi connectivity index (χ1v) is 15.9. The lowest BCUT2D eigenvalue weighted by Gasteiger charge is -2.42. The Morgan fingerprint density at radius 3 is 1.69 bits per heavy atom. The summed E-state index contributed by atoms with van der Waals surface area (Å²) in [6.07, 6.45) is 2.89. The van der Waals surface area contributed by atoms with Crippen LogP contribution < -0.4 is 0 Å². The third kappa shape index (κ3) is 15.2. The average Bonchev–Trinajstić information content (AvgIpc) is 2.99. The van der Waals surface area contributed by atoms with Gasteiger partial charge in [-0.1, -0.05) is 96.8 Å². The lowest BCUT2D eigenvalue weighted by Crippen LogP contribution is -2.61. The second-order valence-corrected chi connectivity index (χ2v) is 11.5. The minimum Gasteiger partial charge on any atom is -0.463 e. The number of carbonyl (C=O) groups excluding carboxylic acids is 1. The molecule has 1 fully saturated rings. The van der Waals surface area contributed by atoms with Crippen LogP contribution in [0, 0.1) is 0 Å².